The summed E-state index contributed by atoms with van der Waals surface area (Å²) in [5.41, 5.74) is 1.05. The Bertz CT molecular complexity index is 828. The highest BCUT2D eigenvalue weighted by molar-refractivity contribution is 5.89. The van der Waals surface area contributed by atoms with Crippen LogP contribution in [0.5, 0.6) is 5.75 Å². The van der Waals surface area contributed by atoms with E-state index in [0.717, 1.165) is 5.56 Å². The third-order valence-corrected chi connectivity index (χ3v) is 5.15. The number of carbonyl (C=O) groups is 2. The molecule has 0 saturated carbocycles. The molecule has 2 unspecified atom stereocenters. The molecule has 1 aliphatic rings. The van der Waals surface area contributed by atoms with E-state index in [1.165, 1.54) is 6.07 Å². The third kappa shape index (κ3) is 4.50. The predicted molar refractivity (Wildman–Crippen MR) is 104 cm³/mol. The van der Waals surface area contributed by atoms with E-state index in [1.54, 1.807) is 35.0 Å². The minimum Gasteiger partial charge on any atom is -0.489 e. The summed E-state index contributed by atoms with van der Waals surface area (Å²) in [7, 11) is 1.68. The minimum absolute atomic E-state index is 0.00860. The average Bonchev–Trinajstić information content (AvgIpc) is 3.10. The maximum absolute atomic E-state index is 13.6. The van der Waals surface area contributed by atoms with E-state index in [-0.39, 0.29) is 42.6 Å². The molecule has 2 aromatic carbocycles. The summed E-state index contributed by atoms with van der Waals surface area (Å²) in [5, 5.41) is 0. The van der Waals surface area contributed by atoms with Gasteiger partial charge in [0.2, 0.25) is 11.8 Å². The molecule has 1 fully saturated rings. The second-order valence-corrected chi connectivity index (χ2v) is 7.07. The van der Waals surface area contributed by atoms with Crippen molar-refractivity contribution in [2.24, 2.45) is 5.92 Å². The van der Waals surface area contributed by atoms with Crippen molar-refractivity contribution in [1.82, 2.24) is 9.80 Å². The molecule has 0 aliphatic carbocycles. The Balaban J connectivity index is 1.53. The van der Waals surface area contributed by atoms with Crippen molar-refractivity contribution in [3.05, 3.63) is 66.0 Å². The first-order valence-corrected chi connectivity index (χ1v) is 9.44. The second-order valence-electron chi connectivity index (χ2n) is 7.07. The molecule has 2 atom stereocenters. The highest BCUT2D eigenvalue weighted by Crippen LogP contribution is 2.29. The Labute approximate surface area is 164 Å². The number of benzene rings is 2. The van der Waals surface area contributed by atoms with E-state index in [0.29, 0.717) is 13.1 Å². The van der Waals surface area contributed by atoms with Gasteiger partial charge in [0.15, 0.2) is 11.6 Å². The molecule has 1 saturated heterocycles. The van der Waals surface area contributed by atoms with Gasteiger partial charge >= 0.3 is 0 Å². The third-order valence-electron chi connectivity index (χ3n) is 5.15. The minimum atomic E-state index is -0.427. The Kier molecular flexibility index (Phi) is 6.29. The zero-order chi connectivity index (χ0) is 20.1. The number of hydrogen-bond acceptors (Lipinski definition) is 3. The highest BCUT2D eigenvalue weighted by atomic mass is 19.1. The fourth-order valence-electron chi connectivity index (χ4n) is 3.46. The summed E-state index contributed by atoms with van der Waals surface area (Å²) < 4.78 is 19.0. The Morgan fingerprint density at radius 1 is 1.21 bits per heavy atom. The van der Waals surface area contributed by atoms with Crippen LogP contribution in [0.15, 0.2) is 54.6 Å². The van der Waals surface area contributed by atoms with E-state index in [4.69, 9.17) is 4.74 Å². The molecule has 28 heavy (non-hydrogen) atoms. The number of likely N-dealkylation sites (N-methyl/N-ethyl adjacent to an activating group) is 1. The van der Waals surface area contributed by atoms with Crippen LogP contribution in [-0.2, 0) is 9.59 Å². The molecule has 6 heteroatoms. The molecule has 0 spiro atoms. The lowest BCUT2D eigenvalue weighted by Crippen LogP contribution is -2.37. The number of likely N-dealkylation sites (tertiary alicyclic amines) is 1. The average molecular weight is 384 g/mol. The van der Waals surface area contributed by atoms with Crippen LogP contribution in [0.4, 0.5) is 4.39 Å². The Morgan fingerprint density at radius 2 is 1.89 bits per heavy atom. The van der Waals surface area contributed by atoms with Gasteiger partial charge in [-0.15, -0.1) is 0 Å². The van der Waals surface area contributed by atoms with Gasteiger partial charge in [-0.05, 0) is 24.6 Å². The topological polar surface area (TPSA) is 49.9 Å². The van der Waals surface area contributed by atoms with Gasteiger partial charge in [-0.25, -0.2) is 4.39 Å². The largest absolute Gasteiger partial charge is 0.489 e. The number of halogens is 1. The standard InChI is InChI=1S/C22H25FN2O3/c1-16(17-8-4-3-5-9-17)25-15-18(14-21(25)26)22(27)24(2)12-13-28-20-11-7-6-10-19(20)23/h3-11,16,18H,12-15H2,1-2H3. The molecule has 0 N–H and O–H groups in total. The van der Waals surface area contributed by atoms with Crippen LogP contribution in [0.2, 0.25) is 0 Å². The van der Waals surface area contributed by atoms with Gasteiger partial charge in [-0.2, -0.15) is 0 Å². The SMILES string of the molecule is CC(c1ccccc1)N1CC(C(=O)N(C)CCOc2ccccc2F)CC1=O. The van der Waals surface area contributed by atoms with Crippen molar-refractivity contribution in [2.75, 3.05) is 26.7 Å². The first kappa shape index (κ1) is 19.9. The number of rotatable bonds is 7. The van der Waals surface area contributed by atoms with Crippen LogP contribution in [0, 0.1) is 11.7 Å². The van der Waals surface area contributed by atoms with Crippen LogP contribution >= 0.6 is 0 Å². The molecule has 148 valence electrons. The number of para-hydroxylation sites is 1. The van der Waals surface area contributed by atoms with E-state index in [2.05, 4.69) is 0 Å². The molecule has 1 aliphatic heterocycles. The van der Waals surface area contributed by atoms with Crippen LogP contribution in [0.1, 0.15) is 24.9 Å². The normalized spacial score (nSPS) is 17.5. The number of carbonyl (C=O) groups excluding carboxylic acids is 2. The van der Waals surface area contributed by atoms with Gasteiger partial charge in [0.05, 0.1) is 18.5 Å². The van der Waals surface area contributed by atoms with Crippen molar-refractivity contribution < 1.29 is 18.7 Å². The first-order chi connectivity index (χ1) is 13.5. The molecule has 5 nitrogen and oxygen atoms in total. The van der Waals surface area contributed by atoms with Gasteiger partial charge < -0.3 is 14.5 Å². The van der Waals surface area contributed by atoms with Crippen molar-refractivity contribution in [3.63, 3.8) is 0 Å². The molecule has 0 bridgehead atoms. The number of nitrogens with zero attached hydrogens (tertiary/aromatic N) is 2. The highest BCUT2D eigenvalue weighted by Gasteiger charge is 2.38. The Hall–Kier alpha value is -2.89. The maximum Gasteiger partial charge on any atom is 0.227 e. The van der Waals surface area contributed by atoms with E-state index < -0.39 is 5.82 Å². The molecular weight excluding hydrogens is 359 g/mol. The van der Waals surface area contributed by atoms with Crippen molar-refractivity contribution in [2.45, 2.75) is 19.4 Å². The van der Waals surface area contributed by atoms with Gasteiger partial charge in [0.25, 0.3) is 0 Å². The summed E-state index contributed by atoms with van der Waals surface area (Å²) in [6, 6.07) is 15.9. The summed E-state index contributed by atoms with van der Waals surface area (Å²) >= 11 is 0. The van der Waals surface area contributed by atoms with Gasteiger partial charge in [0, 0.05) is 20.0 Å². The molecular formula is C22H25FN2O3. The van der Waals surface area contributed by atoms with Crippen LogP contribution in [0.25, 0.3) is 0 Å². The zero-order valence-electron chi connectivity index (χ0n) is 16.2. The van der Waals surface area contributed by atoms with Crippen LogP contribution in [0.3, 0.4) is 0 Å². The van der Waals surface area contributed by atoms with Crippen molar-refractivity contribution in [1.29, 1.82) is 0 Å². The van der Waals surface area contributed by atoms with E-state index >= 15 is 0 Å². The molecule has 2 aromatic rings. The molecule has 0 radical (unpaired) electrons. The monoisotopic (exact) mass is 384 g/mol. The summed E-state index contributed by atoms with van der Waals surface area (Å²) in [5.74, 6) is -0.721. The summed E-state index contributed by atoms with van der Waals surface area (Å²) in [4.78, 5) is 28.5. The zero-order valence-corrected chi connectivity index (χ0v) is 16.2. The fraction of sp³-hybridized carbons (Fsp3) is 0.364. The van der Waals surface area contributed by atoms with Gasteiger partial charge in [-0.1, -0.05) is 42.5 Å². The van der Waals surface area contributed by atoms with Gasteiger partial charge in [-0.3, -0.25) is 9.59 Å². The molecule has 2 amide bonds. The Morgan fingerprint density at radius 3 is 2.61 bits per heavy atom. The van der Waals surface area contributed by atoms with Crippen molar-refractivity contribution in [3.8, 4) is 5.75 Å². The van der Waals surface area contributed by atoms with Crippen LogP contribution in [-0.4, -0.2) is 48.4 Å². The number of amides is 2. The lowest BCUT2D eigenvalue weighted by molar-refractivity contribution is -0.135. The van der Waals surface area contributed by atoms with Crippen molar-refractivity contribution >= 4 is 11.8 Å². The smallest absolute Gasteiger partial charge is 0.227 e. The molecule has 0 aromatic heterocycles. The maximum atomic E-state index is 13.6. The molecule has 3 rings (SSSR count). The van der Waals surface area contributed by atoms with Gasteiger partial charge in [0.1, 0.15) is 6.61 Å². The second kappa shape index (κ2) is 8.87. The predicted octanol–water partition coefficient (Wildman–Crippen LogP) is 3.27. The van der Waals surface area contributed by atoms with E-state index in [9.17, 15) is 14.0 Å². The first-order valence-electron chi connectivity index (χ1n) is 9.44. The van der Waals surface area contributed by atoms with Crippen LogP contribution < -0.4 is 4.74 Å². The quantitative estimate of drug-likeness (QED) is 0.736. The molecule has 1 heterocycles. The van der Waals surface area contributed by atoms with E-state index in [1.807, 2.05) is 37.3 Å². The fourth-order valence-corrected chi connectivity index (χ4v) is 3.46. The number of ether oxygens (including phenoxy) is 1. The lowest BCUT2D eigenvalue weighted by Gasteiger charge is -2.26. The number of hydrogen-bond donors (Lipinski definition) is 0. The summed E-state index contributed by atoms with van der Waals surface area (Å²) in [6.45, 7) is 2.90. The lowest BCUT2D eigenvalue weighted by atomic mass is 10.1. The summed E-state index contributed by atoms with van der Waals surface area (Å²) in [6.07, 6.45) is 0.217.